The summed E-state index contributed by atoms with van der Waals surface area (Å²) in [6, 6.07) is 24.1. The van der Waals surface area contributed by atoms with Gasteiger partial charge >= 0.3 is 0 Å². The van der Waals surface area contributed by atoms with E-state index in [1.807, 2.05) is 22.7 Å². The van der Waals surface area contributed by atoms with Crippen LogP contribution >= 0.6 is 22.7 Å². The van der Waals surface area contributed by atoms with Gasteiger partial charge in [-0.05, 0) is 69.8 Å². The Kier molecular flexibility index (Phi) is 15.1. The summed E-state index contributed by atoms with van der Waals surface area (Å²) in [5.74, 6) is 1.64. The summed E-state index contributed by atoms with van der Waals surface area (Å²) in [6.07, 6.45) is 24.2. The molecule has 0 spiro atoms. The number of unbranched alkanes of at least 4 members (excludes halogenated alkanes) is 8. The van der Waals surface area contributed by atoms with Crippen LogP contribution in [0.15, 0.2) is 71.4 Å². The molecule has 0 saturated carbocycles. The molecular formula is C46H62S2. The zero-order valence-electron chi connectivity index (χ0n) is 30.6. The second-order valence-electron chi connectivity index (χ2n) is 14.6. The van der Waals surface area contributed by atoms with Gasteiger partial charge in [0, 0.05) is 31.3 Å². The molecule has 0 aliphatic carbocycles. The van der Waals surface area contributed by atoms with E-state index in [1.54, 1.807) is 0 Å². The predicted octanol–water partition coefficient (Wildman–Crippen LogP) is 16.1. The Morgan fingerprint density at radius 2 is 0.792 bits per heavy atom. The Hall–Kier alpha value is -2.42. The maximum Gasteiger partial charge on any atom is 0.0434 e. The van der Waals surface area contributed by atoms with E-state index < -0.39 is 0 Å². The summed E-state index contributed by atoms with van der Waals surface area (Å²) in [5.41, 5.74) is 8.59. The summed E-state index contributed by atoms with van der Waals surface area (Å²) < 4.78 is 2.85. The minimum Gasteiger partial charge on any atom is -0.143 e. The molecule has 0 fully saturated rings. The van der Waals surface area contributed by atoms with Crippen molar-refractivity contribution in [2.75, 3.05) is 0 Å². The molecule has 0 radical (unpaired) electrons. The first-order chi connectivity index (χ1) is 23.7. The number of fused-ring (bicyclic) bond motifs is 2. The molecule has 3 aromatic carbocycles. The average Bonchev–Trinajstić information content (AvgIpc) is 3.80. The highest BCUT2D eigenvalue weighted by molar-refractivity contribution is 7.20. The zero-order chi connectivity index (χ0) is 33.6. The van der Waals surface area contributed by atoms with Gasteiger partial charge in [-0.15, -0.1) is 22.7 Å². The average molecular weight is 679 g/mol. The molecule has 0 N–H and O–H groups in total. The van der Waals surface area contributed by atoms with E-state index in [0.717, 1.165) is 11.8 Å². The van der Waals surface area contributed by atoms with E-state index in [0.29, 0.717) is 0 Å². The van der Waals surface area contributed by atoms with E-state index in [1.165, 1.54) is 169 Å². The first-order valence-corrected chi connectivity index (χ1v) is 21.5. The summed E-state index contributed by atoms with van der Waals surface area (Å²) in [6.45, 7) is 9.30. The highest BCUT2D eigenvalue weighted by Crippen LogP contribution is 2.47. The molecule has 2 heterocycles. The molecule has 2 unspecified atom stereocenters. The van der Waals surface area contributed by atoms with Crippen LogP contribution in [-0.4, -0.2) is 0 Å². The third-order valence-electron chi connectivity index (χ3n) is 10.7. The number of thiophene rings is 2. The number of hydrogen-bond acceptors (Lipinski definition) is 2. The molecular weight excluding hydrogens is 617 g/mol. The topological polar surface area (TPSA) is 0 Å². The van der Waals surface area contributed by atoms with E-state index in [-0.39, 0.29) is 0 Å². The van der Waals surface area contributed by atoms with Gasteiger partial charge in [-0.2, -0.15) is 0 Å². The molecule has 5 rings (SSSR count). The molecule has 2 atom stereocenters. The smallest absolute Gasteiger partial charge is 0.0434 e. The highest BCUT2D eigenvalue weighted by atomic mass is 32.1. The van der Waals surface area contributed by atoms with Gasteiger partial charge in [0.1, 0.15) is 0 Å². The van der Waals surface area contributed by atoms with Crippen molar-refractivity contribution in [2.24, 2.45) is 11.8 Å². The van der Waals surface area contributed by atoms with Gasteiger partial charge in [0.15, 0.2) is 0 Å². The lowest BCUT2D eigenvalue weighted by Crippen LogP contribution is -2.05. The third kappa shape index (κ3) is 9.85. The van der Waals surface area contributed by atoms with Crippen molar-refractivity contribution in [3.8, 4) is 22.3 Å². The lowest BCUT2D eigenvalue weighted by atomic mass is 9.88. The van der Waals surface area contributed by atoms with Crippen LogP contribution in [0.2, 0.25) is 0 Å². The number of rotatable bonds is 22. The Balaban J connectivity index is 1.37. The van der Waals surface area contributed by atoms with Gasteiger partial charge in [0.25, 0.3) is 0 Å². The van der Waals surface area contributed by atoms with Crippen molar-refractivity contribution in [3.63, 3.8) is 0 Å². The number of hydrogen-bond donors (Lipinski definition) is 0. The second kappa shape index (κ2) is 19.7. The van der Waals surface area contributed by atoms with Crippen LogP contribution in [0.3, 0.4) is 0 Å². The van der Waals surface area contributed by atoms with Gasteiger partial charge in [-0.1, -0.05) is 179 Å². The fourth-order valence-electron chi connectivity index (χ4n) is 7.90. The van der Waals surface area contributed by atoms with E-state index in [9.17, 15) is 0 Å². The van der Waals surface area contributed by atoms with Gasteiger partial charge < -0.3 is 0 Å². The fourth-order valence-corrected chi connectivity index (χ4v) is 9.87. The van der Waals surface area contributed by atoms with Crippen LogP contribution in [0, 0.1) is 11.8 Å². The van der Waals surface area contributed by atoms with Crippen molar-refractivity contribution >= 4 is 42.8 Å². The van der Waals surface area contributed by atoms with Crippen molar-refractivity contribution in [1.29, 1.82) is 0 Å². The van der Waals surface area contributed by atoms with E-state index >= 15 is 0 Å². The summed E-state index contributed by atoms with van der Waals surface area (Å²) in [5, 5.41) is 7.42. The molecule has 48 heavy (non-hydrogen) atoms. The number of benzene rings is 3. The minimum atomic E-state index is 0.818. The Morgan fingerprint density at radius 1 is 0.417 bits per heavy atom. The molecule has 2 heteroatoms. The predicted molar refractivity (Wildman–Crippen MR) is 219 cm³/mol. The van der Waals surface area contributed by atoms with Crippen LogP contribution in [0.25, 0.3) is 42.4 Å². The minimum absolute atomic E-state index is 0.818. The Bertz CT molecular complexity index is 1450. The maximum absolute atomic E-state index is 2.43. The van der Waals surface area contributed by atoms with Crippen LogP contribution in [0.1, 0.15) is 142 Å². The standard InChI is InChI=1S/C46H62S2/c1-5-9-13-15-19-35(17-11-7-3)33-37-21-25-39(26-22-37)43-41-29-31-48-46(41)44(42-30-32-47-45(42)43)40-27-23-38(24-28-40)34-36(18-12-8-4)20-16-14-10-6-2/h21-32,35-36H,5-20,33-34H2,1-4H3. The molecule has 0 nitrogen and oxygen atoms in total. The molecule has 0 aliphatic rings. The molecule has 0 bridgehead atoms. The quantitative estimate of drug-likeness (QED) is 0.0639. The monoisotopic (exact) mass is 678 g/mol. The van der Waals surface area contributed by atoms with E-state index in [2.05, 4.69) is 99.1 Å². The lowest BCUT2D eigenvalue weighted by molar-refractivity contribution is 0.410. The normalized spacial score (nSPS) is 13.1. The van der Waals surface area contributed by atoms with Crippen LogP contribution in [-0.2, 0) is 12.8 Å². The van der Waals surface area contributed by atoms with Gasteiger partial charge in [0.2, 0.25) is 0 Å². The largest absolute Gasteiger partial charge is 0.143 e. The Morgan fingerprint density at radius 3 is 1.17 bits per heavy atom. The maximum atomic E-state index is 2.43. The molecule has 258 valence electrons. The first kappa shape index (κ1) is 36.9. The van der Waals surface area contributed by atoms with Crippen molar-refractivity contribution < 1.29 is 0 Å². The fraction of sp³-hybridized carbons (Fsp3) is 0.522. The van der Waals surface area contributed by atoms with Crippen LogP contribution in [0.4, 0.5) is 0 Å². The van der Waals surface area contributed by atoms with E-state index in [4.69, 9.17) is 0 Å². The van der Waals surface area contributed by atoms with Gasteiger partial charge in [-0.3, -0.25) is 0 Å². The molecule has 0 saturated heterocycles. The SMILES string of the molecule is CCCCCCC(CCCC)Cc1ccc(-c2c3ccsc3c(-c3ccc(CC(CCCC)CCCCCC)cc3)c3ccsc23)cc1. The highest BCUT2D eigenvalue weighted by Gasteiger charge is 2.19. The second-order valence-corrected chi connectivity index (χ2v) is 16.4. The van der Waals surface area contributed by atoms with Crippen molar-refractivity contribution in [1.82, 2.24) is 0 Å². The summed E-state index contributed by atoms with van der Waals surface area (Å²) in [7, 11) is 0. The summed E-state index contributed by atoms with van der Waals surface area (Å²) in [4.78, 5) is 0. The van der Waals surface area contributed by atoms with Crippen LogP contribution in [0.5, 0.6) is 0 Å². The van der Waals surface area contributed by atoms with Crippen LogP contribution < -0.4 is 0 Å². The first-order valence-electron chi connectivity index (χ1n) is 19.8. The van der Waals surface area contributed by atoms with Crippen molar-refractivity contribution in [2.45, 2.75) is 143 Å². The molecule has 5 aromatic rings. The Labute approximate surface area is 301 Å². The zero-order valence-corrected chi connectivity index (χ0v) is 32.3. The molecule has 2 aromatic heterocycles. The lowest BCUT2D eigenvalue weighted by Gasteiger charge is -2.18. The van der Waals surface area contributed by atoms with Gasteiger partial charge in [0.05, 0.1) is 0 Å². The molecule has 0 amide bonds. The molecule has 0 aliphatic heterocycles. The van der Waals surface area contributed by atoms with Gasteiger partial charge in [-0.25, -0.2) is 0 Å². The third-order valence-corrected chi connectivity index (χ3v) is 12.6. The van der Waals surface area contributed by atoms with Crippen molar-refractivity contribution in [3.05, 3.63) is 82.6 Å². The summed E-state index contributed by atoms with van der Waals surface area (Å²) >= 11 is 3.82.